The van der Waals surface area contributed by atoms with E-state index < -0.39 is 0 Å². The predicted octanol–water partition coefficient (Wildman–Crippen LogP) is 2.91. The largest absolute Gasteiger partial charge is 0.346 e. The number of rotatable bonds is 4. The summed E-state index contributed by atoms with van der Waals surface area (Å²) in [5.41, 5.74) is 3.32. The molecule has 0 radical (unpaired) electrons. The highest BCUT2D eigenvalue weighted by atomic mass is 79.9. The summed E-state index contributed by atoms with van der Waals surface area (Å²) in [5, 5.41) is 3.13. The maximum Gasteiger partial charge on any atom is 0.108 e. The molecule has 0 atom stereocenters. The summed E-state index contributed by atoms with van der Waals surface area (Å²) in [7, 11) is 1.95. The summed E-state index contributed by atoms with van der Waals surface area (Å²) in [6.07, 6.45) is 0.924. The number of likely N-dealkylation sites (N-methyl/N-ethyl adjacent to an activating group) is 1. The van der Waals surface area contributed by atoms with Crippen molar-refractivity contribution >= 4 is 15.9 Å². The molecule has 2 aromatic rings. The lowest BCUT2D eigenvalue weighted by atomic mass is 10.1. The van der Waals surface area contributed by atoms with Crippen LogP contribution in [-0.4, -0.2) is 23.6 Å². The second-order valence-corrected chi connectivity index (χ2v) is 4.93. The Hall–Kier alpha value is -1.13. The van der Waals surface area contributed by atoms with Crippen molar-refractivity contribution in [3.05, 3.63) is 40.3 Å². The van der Waals surface area contributed by atoms with Crippen molar-refractivity contribution in [2.45, 2.75) is 13.3 Å². The van der Waals surface area contributed by atoms with E-state index in [-0.39, 0.29) is 0 Å². The van der Waals surface area contributed by atoms with Crippen LogP contribution in [0.2, 0.25) is 0 Å². The zero-order valence-corrected chi connectivity index (χ0v) is 11.6. The van der Waals surface area contributed by atoms with Gasteiger partial charge in [-0.25, -0.2) is 4.98 Å². The van der Waals surface area contributed by atoms with Gasteiger partial charge in [0.05, 0.1) is 5.69 Å². The van der Waals surface area contributed by atoms with E-state index in [0.717, 1.165) is 40.2 Å². The van der Waals surface area contributed by atoms with Crippen LogP contribution in [0.25, 0.3) is 11.3 Å². The summed E-state index contributed by atoms with van der Waals surface area (Å²) in [6.45, 7) is 3.00. The minimum Gasteiger partial charge on any atom is -0.346 e. The highest BCUT2D eigenvalue weighted by Crippen LogP contribution is 2.23. The van der Waals surface area contributed by atoms with Crippen LogP contribution in [0, 0.1) is 6.92 Å². The molecule has 90 valence electrons. The number of nitrogens with zero attached hydrogens (tertiary/aromatic N) is 1. The van der Waals surface area contributed by atoms with Gasteiger partial charge in [-0.2, -0.15) is 0 Å². The van der Waals surface area contributed by atoms with Crippen molar-refractivity contribution in [2.24, 2.45) is 0 Å². The molecule has 0 spiro atoms. The standard InChI is InChI=1S/C13H16BrN3/c1-9-13(10-3-5-11(14)6-4-10)17-12(16-9)7-8-15-2/h3-6,15H,7-8H2,1-2H3,(H,16,17). The molecule has 2 N–H and O–H groups in total. The molecule has 0 aliphatic heterocycles. The first kappa shape index (κ1) is 12.3. The zero-order valence-electron chi connectivity index (χ0n) is 10.0. The summed E-state index contributed by atoms with van der Waals surface area (Å²) in [4.78, 5) is 7.97. The minimum atomic E-state index is 0.924. The van der Waals surface area contributed by atoms with Gasteiger partial charge in [-0.3, -0.25) is 0 Å². The van der Waals surface area contributed by atoms with Gasteiger partial charge in [0.25, 0.3) is 0 Å². The lowest BCUT2D eigenvalue weighted by Crippen LogP contribution is -2.11. The molecule has 0 aliphatic rings. The number of halogens is 1. The van der Waals surface area contributed by atoms with Gasteiger partial charge in [-0.05, 0) is 26.1 Å². The van der Waals surface area contributed by atoms with Crippen LogP contribution in [0.4, 0.5) is 0 Å². The number of aromatic amines is 1. The quantitative estimate of drug-likeness (QED) is 0.910. The summed E-state index contributed by atoms with van der Waals surface area (Å²) in [6, 6.07) is 8.23. The molecule has 2 rings (SSSR count). The van der Waals surface area contributed by atoms with E-state index in [2.05, 4.69) is 50.3 Å². The highest BCUT2D eigenvalue weighted by molar-refractivity contribution is 9.10. The topological polar surface area (TPSA) is 40.7 Å². The number of nitrogens with one attached hydrogen (secondary N) is 2. The number of aryl methyl sites for hydroxylation is 1. The number of aromatic nitrogens is 2. The van der Waals surface area contributed by atoms with E-state index in [1.165, 1.54) is 0 Å². The van der Waals surface area contributed by atoms with Crippen LogP contribution in [0.15, 0.2) is 28.7 Å². The number of imidazole rings is 1. The second kappa shape index (κ2) is 5.47. The zero-order chi connectivity index (χ0) is 12.3. The lowest BCUT2D eigenvalue weighted by Gasteiger charge is -1.98. The Morgan fingerprint density at radius 2 is 2.00 bits per heavy atom. The van der Waals surface area contributed by atoms with E-state index in [1.807, 2.05) is 19.2 Å². The van der Waals surface area contributed by atoms with Gasteiger partial charge < -0.3 is 10.3 Å². The molecular weight excluding hydrogens is 278 g/mol. The Morgan fingerprint density at radius 3 is 2.65 bits per heavy atom. The Morgan fingerprint density at radius 1 is 1.29 bits per heavy atom. The Bertz CT molecular complexity index is 488. The first-order valence-corrected chi connectivity index (χ1v) is 6.46. The molecule has 0 unspecified atom stereocenters. The first-order valence-electron chi connectivity index (χ1n) is 5.66. The SMILES string of the molecule is CNCCc1nc(-c2ccc(Br)cc2)c(C)[nH]1. The van der Waals surface area contributed by atoms with Crippen molar-refractivity contribution in [1.29, 1.82) is 0 Å². The maximum absolute atomic E-state index is 4.64. The fourth-order valence-electron chi connectivity index (χ4n) is 1.77. The van der Waals surface area contributed by atoms with Gasteiger partial charge in [-0.1, -0.05) is 28.1 Å². The van der Waals surface area contributed by atoms with Gasteiger partial charge in [0.2, 0.25) is 0 Å². The normalized spacial score (nSPS) is 10.8. The Labute approximate surface area is 110 Å². The van der Waals surface area contributed by atoms with Crippen molar-refractivity contribution in [2.75, 3.05) is 13.6 Å². The summed E-state index contributed by atoms with van der Waals surface area (Å²) >= 11 is 3.44. The van der Waals surface area contributed by atoms with Gasteiger partial charge in [0, 0.05) is 28.7 Å². The van der Waals surface area contributed by atoms with Crippen LogP contribution in [-0.2, 0) is 6.42 Å². The molecule has 0 bridgehead atoms. The van der Waals surface area contributed by atoms with Crippen molar-refractivity contribution < 1.29 is 0 Å². The fourth-order valence-corrected chi connectivity index (χ4v) is 2.04. The smallest absolute Gasteiger partial charge is 0.108 e. The third-order valence-corrected chi connectivity index (χ3v) is 3.19. The summed E-state index contributed by atoms with van der Waals surface area (Å²) < 4.78 is 1.09. The van der Waals surface area contributed by atoms with Crippen LogP contribution >= 0.6 is 15.9 Å². The van der Waals surface area contributed by atoms with E-state index in [9.17, 15) is 0 Å². The highest BCUT2D eigenvalue weighted by Gasteiger charge is 2.08. The van der Waals surface area contributed by atoms with Crippen molar-refractivity contribution in [1.82, 2.24) is 15.3 Å². The molecule has 0 fully saturated rings. The van der Waals surface area contributed by atoms with Gasteiger partial charge in [0.15, 0.2) is 0 Å². The van der Waals surface area contributed by atoms with Crippen LogP contribution in [0.1, 0.15) is 11.5 Å². The van der Waals surface area contributed by atoms with Crippen molar-refractivity contribution in [3.8, 4) is 11.3 Å². The maximum atomic E-state index is 4.64. The number of hydrogen-bond acceptors (Lipinski definition) is 2. The Kier molecular flexibility index (Phi) is 3.97. The molecule has 3 nitrogen and oxygen atoms in total. The molecule has 0 saturated heterocycles. The average molecular weight is 294 g/mol. The Balaban J connectivity index is 2.26. The number of benzene rings is 1. The first-order chi connectivity index (χ1) is 8.20. The molecule has 1 aromatic heterocycles. The molecule has 1 aromatic carbocycles. The third-order valence-electron chi connectivity index (χ3n) is 2.66. The van der Waals surface area contributed by atoms with Gasteiger partial charge >= 0.3 is 0 Å². The summed E-state index contributed by atoms with van der Waals surface area (Å²) in [5.74, 6) is 1.04. The van der Waals surface area contributed by atoms with E-state index in [4.69, 9.17) is 0 Å². The molecule has 0 saturated carbocycles. The average Bonchev–Trinajstić information content (AvgIpc) is 2.69. The van der Waals surface area contributed by atoms with Crippen LogP contribution in [0.5, 0.6) is 0 Å². The van der Waals surface area contributed by atoms with E-state index in [1.54, 1.807) is 0 Å². The third kappa shape index (κ3) is 2.96. The van der Waals surface area contributed by atoms with Gasteiger partial charge in [0.1, 0.15) is 5.82 Å². The molecule has 1 heterocycles. The second-order valence-electron chi connectivity index (χ2n) is 4.02. The number of H-pyrrole nitrogens is 1. The molecule has 0 amide bonds. The molecule has 17 heavy (non-hydrogen) atoms. The molecule has 4 heteroatoms. The predicted molar refractivity (Wildman–Crippen MR) is 74.1 cm³/mol. The van der Waals surface area contributed by atoms with Crippen LogP contribution in [0.3, 0.4) is 0 Å². The van der Waals surface area contributed by atoms with Crippen LogP contribution < -0.4 is 5.32 Å². The molecular formula is C13H16BrN3. The number of hydrogen-bond donors (Lipinski definition) is 2. The van der Waals surface area contributed by atoms with Crippen molar-refractivity contribution in [3.63, 3.8) is 0 Å². The van der Waals surface area contributed by atoms with E-state index in [0.29, 0.717) is 0 Å². The van der Waals surface area contributed by atoms with Gasteiger partial charge in [-0.15, -0.1) is 0 Å². The molecule has 0 aliphatic carbocycles. The van der Waals surface area contributed by atoms with E-state index >= 15 is 0 Å². The minimum absolute atomic E-state index is 0.924. The monoisotopic (exact) mass is 293 g/mol. The fraction of sp³-hybridized carbons (Fsp3) is 0.308. The lowest BCUT2D eigenvalue weighted by molar-refractivity contribution is 0.763.